The highest BCUT2D eigenvalue weighted by Gasteiger charge is 2.07. The van der Waals surface area contributed by atoms with Gasteiger partial charge in [0.1, 0.15) is 5.01 Å². The summed E-state index contributed by atoms with van der Waals surface area (Å²) in [5.41, 5.74) is 2.18. The van der Waals surface area contributed by atoms with Gasteiger partial charge in [-0.3, -0.25) is 9.88 Å². The molecule has 0 aliphatic heterocycles. The fraction of sp³-hybridized carbons (Fsp3) is 0.200. The van der Waals surface area contributed by atoms with Crippen LogP contribution in [0.4, 0.5) is 0 Å². The Morgan fingerprint density at radius 1 is 1.05 bits per heavy atom. The normalized spacial score (nSPS) is 11.3. The van der Waals surface area contributed by atoms with E-state index in [9.17, 15) is 0 Å². The second-order valence-corrected chi connectivity index (χ2v) is 5.68. The van der Waals surface area contributed by atoms with Crippen molar-refractivity contribution < 1.29 is 0 Å². The van der Waals surface area contributed by atoms with E-state index in [0.717, 1.165) is 29.3 Å². The van der Waals surface area contributed by atoms with Gasteiger partial charge >= 0.3 is 0 Å². The summed E-state index contributed by atoms with van der Waals surface area (Å²) in [6.45, 7) is 1.70. The van der Waals surface area contributed by atoms with Crippen LogP contribution in [0, 0.1) is 0 Å². The summed E-state index contributed by atoms with van der Waals surface area (Å²) in [6.07, 6.45) is 1.83. The van der Waals surface area contributed by atoms with E-state index in [1.54, 1.807) is 11.3 Å². The number of hydrogen-bond acceptors (Lipinski definition) is 4. The van der Waals surface area contributed by atoms with Crippen molar-refractivity contribution in [2.75, 3.05) is 7.05 Å². The van der Waals surface area contributed by atoms with Gasteiger partial charge in [0.15, 0.2) is 0 Å². The van der Waals surface area contributed by atoms with Crippen molar-refractivity contribution in [2.45, 2.75) is 13.1 Å². The van der Waals surface area contributed by atoms with E-state index in [1.807, 2.05) is 24.4 Å². The van der Waals surface area contributed by atoms with Crippen LogP contribution in [0.1, 0.15) is 10.7 Å². The number of thiazole rings is 1. The van der Waals surface area contributed by atoms with Crippen LogP contribution in [0.15, 0.2) is 48.7 Å². The zero-order valence-electron chi connectivity index (χ0n) is 10.8. The predicted molar refractivity (Wildman–Crippen MR) is 79.0 cm³/mol. The Bertz CT molecular complexity index is 630. The van der Waals surface area contributed by atoms with Crippen LogP contribution in [-0.2, 0) is 13.1 Å². The maximum Gasteiger partial charge on any atom is 0.108 e. The molecule has 2 aromatic heterocycles. The predicted octanol–water partition coefficient (Wildman–Crippen LogP) is 3.32. The molecule has 0 aliphatic carbocycles. The molecule has 4 heteroatoms. The summed E-state index contributed by atoms with van der Waals surface area (Å²) in [5, 5.41) is 1.15. The van der Waals surface area contributed by atoms with Crippen LogP contribution >= 0.6 is 11.3 Å². The van der Waals surface area contributed by atoms with E-state index in [1.165, 1.54) is 4.70 Å². The standard InChI is InChI=1S/C15H15N3S/c1-18(10-12-6-4-5-9-16-12)11-15-17-13-7-2-3-8-14(13)19-15/h2-9H,10-11H2,1H3. The monoisotopic (exact) mass is 269 g/mol. The number of fused-ring (bicyclic) bond motifs is 1. The van der Waals surface area contributed by atoms with Crippen LogP contribution in [0.5, 0.6) is 0 Å². The largest absolute Gasteiger partial charge is 0.294 e. The lowest BCUT2D eigenvalue weighted by Gasteiger charge is -2.13. The first-order valence-electron chi connectivity index (χ1n) is 6.24. The van der Waals surface area contributed by atoms with Gasteiger partial charge in [0.25, 0.3) is 0 Å². The molecular weight excluding hydrogens is 254 g/mol. The van der Waals surface area contributed by atoms with Crippen molar-refractivity contribution in [3.8, 4) is 0 Å². The minimum absolute atomic E-state index is 0.844. The molecule has 0 bridgehead atoms. The lowest BCUT2D eigenvalue weighted by molar-refractivity contribution is 0.315. The summed E-state index contributed by atoms with van der Waals surface area (Å²) in [7, 11) is 2.10. The molecule has 0 atom stereocenters. The van der Waals surface area contributed by atoms with Gasteiger partial charge in [0.2, 0.25) is 0 Å². The topological polar surface area (TPSA) is 29.0 Å². The molecule has 0 amide bonds. The highest BCUT2D eigenvalue weighted by Crippen LogP contribution is 2.22. The summed E-state index contributed by atoms with van der Waals surface area (Å²) in [6, 6.07) is 14.3. The molecule has 0 spiro atoms. The van der Waals surface area contributed by atoms with Crippen molar-refractivity contribution in [2.24, 2.45) is 0 Å². The van der Waals surface area contributed by atoms with Crippen molar-refractivity contribution >= 4 is 21.6 Å². The van der Waals surface area contributed by atoms with Gasteiger partial charge in [-0.05, 0) is 31.3 Å². The molecule has 2 heterocycles. The van der Waals surface area contributed by atoms with E-state index in [4.69, 9.17) is 0 Å². The number of para-hydroxylation sites is 1. The Kier molecular flexibility index (Phi) is 3.53. The first-order chi connectivity index (χ1) is 9.31. The molecule has 0 fully saturated rings. The third kappa shape index (κ3) is 2.97. The van der Waals surface area contributed by atoms with E-state index < -0.39 is 0 Å². The average molecular weight is 269 g/mol. The molecule has 1 aromatic carbocycles. The Morgan fingerprint density at radius 2 is 1.89 bits per heavy atom. The molecule has 3 nitrogen and oxygen atoms in total. The number of hydrogen-bond donors (Lipinski definition) is 0. The second-order valence-electron chi connectivity index (χ2n) is 4.57. The maximum atomic E-state index is 4.65. The highest BCUT2D eigenvalue weighted by molar-refractivity contribution is 7.18. The smallest absolute Gasteiger partial charge is 0.108 e. The van der Waals surface area contributed by atoms with Crippen LogP contribution in [0.3, 0.4) is 0 Å². The molecule has 3 aromatic rings. The van der Waals surface area contributed by atoms with Gasteiger partial charge in [-0.15, -0.1) is 11.3 Å². The van der Waals surface area contributed by atoms with Gasteiger partial charge in [-0.25, -0.2) is 4.98 Å². The third-order valence-corrected chi connectivity index (χ3v) is 3.92. The fourth-order valence-electron chi connectivity index (χ4n) is 2.04. The molecule has 0 unspecified atom stereocenters. The third-order valence-electron chi connectivity index (χ3n) is 2.90. The van der Waals surface area contributed by atoms with Gasteiger partial charge in [-0.2, -0.15) is 0 Å². The molecule has 0 saturated heterocycles. The van der Waals surface area contributed by atoms with E-state index in [0.29, 0.717) is 0 Å². The van der Waals surface area contributed by atoms with Gasteiger partial charge in [0, 0.05) is 12.7 Å². The average Bonchev–Trinajstić information content (AvgIpc) is 2.81. The van der Waals surface area contributed by atoms with E-state index in [-0.39, 0.29) is 0 Å². The summed E-state index contributed by atoms with van der Waals surface area (Å²) in [5.74, 6) is 0. The van der Waals surface area contributed by atoms with Gasteiger partial charge < -0.3 is 0 Å². The lowest BCUT2D eigenvalue weighted by atomic mass is 10.3. The van der Waals surface area contributed by atoms with Gasteiger partial charge in [0.05, 0.1) is 22.5 Å². The summed E-state index contributed by atoms with van der Waals surface area (Å²) in [4.78, 5) is 11.2. The van der Waals surface area contributed by atoms with Crippen molar-refractivity contribution in [3.05, 3.63) is 59.4 Å². The number of rotatable bonds is 4. The Labute approximate surface area is 116 Å². The quantitative estimate of drug-likeness (QED) is 0.727. The number of benzene rings is 1. The van der Waals surface area contributed by atoms with Crippen molar-refractivity contribution in [1.82, 2.24) is 14.9 Å². The van der Waals surface area contributed by atoms with Crippen LogP contribution in [0.2, 0.25) is 0 Å². The molecule has 3 rings (SSSR count). The molecule has 0 radical (unpaired) electrons. The van der Waals surface area contributed by atoms with Crippen molar-refractivity contribution in [1.29, 1.82) is 0 Å². The van der Waals surface area contributed by atoms with Gasteiger partial charge in [-0.1, -0.05) is 18.2 Å². The fourth-order valence-corrected chi connectivity index (χ4v) is 3.09. The summed E-state index contributed by atoms with van der Waals surface area (Å²) < 4.78 is 1.25. The number of nitrogens with zero attached hydrogens (tertiary/aromatic N) is 3. The molecule has 0 N–H and O–H groups in total. The zero-order chi connectivity index (χ0) is 13.1. The van der Waals surface area contributed by atoms with Crippen LogP contribution in [0.25, 0.3) is 10.2 Å². The number of aromatic nitrogens is 2. The Balaban J connectivity index is 1.70. The van der Waals surface area contributed by atoms with Crippen LogP contribution in [-0.4, -0.2) is 21.9 Å². The van der Waals surface area contributed by atoms with E-state index >= 15 is 0 Å². The molecular formula is C15H15N3S. The number of pyridine rings is 1. The molecule has 19 heavy (non-hydrogen) atoms. The van der Waals surface area contributed by atoms with Crippen LogP contribution < -0.4 is 0 Å². The maximum absolute atomic E-state index is 4.65. The second kappa shape index (κ2) is 5.47. The van der Waals surface area contributed by atoms with E-state index in [2.05, 4.69) is 46.2 Å². The SMILES string of the molecule is CN(Cc1ccccn1)Cc1nc2ccccc2s1. The first kappa shape index (κ1) is 12.3. The Morgan fingerprint density at radius 3 is 2.68 bits per heavy atom. The summed E-state index contributed by atoms with van der Waals surface area (Å²) >= 11 is 1.76. The first-order valence-corrected chi connectivity index (χ1v) is 7.06. The molecule has 0 aliphatic rings. The van der Waals surface area contributed by atoms with Crippen molar-refractivity contribution in [3.63, 3.8) is 0 Å². The molecule has 96 valence electrons. The minimum atomic E-state index is 0.844. The lowest BCUT2D eigenvalue weighted by Crippen LogP contribution is -2.17. The highest BCUT2D eigenvalue weighted by atomic mass is 32.1. The minimum Gasteiger partial charge on any atom is -0.294 e. The Hall–Kier alpha value is -1.78. The molecule has 0 saturated carbocycles. The zero-order valence-corrected chi connectivity index (χ0v) is 11.6.